The monoisotopic (exact) mass is 380 g/mol. The van der Waals surface area contributed by atoms with Crippen LogP contribution in [0.1, 0.15) is 28.5 Å². The molecule has 0 aliphatic carbocycles. The third-order valence-corrected chi connectivity index (χ3v) is 3.91. The number of benzene rings is 2. The standard InChI is InChI=1S/C20H20N4O4/c1-3-28-20(26)18-19(25)24(21-13-15-9-11-17(27-2)12-10-15)22-23(18)14-16-7-5-4-6-8-16/h4-13H,3,14H2,1-2H3/b21-13+. The van der Waals surface area contributed by atoms with E-state index in [1.165, 1.54) is 10.9 Å². The number of ether oxygens (including phenoxy) is 2. The normalized spacial score (nSPS) is 10.9. The van der Waals surface area contributed by atoms with Gasteiger partial charge in [0.15, 0.2) is 5.88 Å². The van der Waals surface area contributed by atoms with Crippen LogP contribution < -0.4 is 14.5 Å². The lowest BCUT2D eigenvalue weighted by Gasteiger charge is -2.03. The Morgan fingerprint density at radius 2 is 1.93 bits per heavy atom. The number of carbonyl (C=O) groups excluding carboxylic acids is 1. The minimum atomic E-state index is -0.727. The van der Waals surface area contributed by atoms with E-state index < -0.39 is 11.8 Å². The molecule has 8 nitrogen and oxygen atoms in total. The third-order valence-electron chi connectivity index (χ3n) is 3.91. The topological polar surface area (TPSA) is 92.7 Å². The van der Waals surface area contributed by atoms with Gasteiger partial charge in [-0.1, -0.05) is 35.4 Å². The number of aromatic nitrogens is 3. The molecule has 0 N–H and O–H groups in total. The summed E-state index contributed by atoms with van der Waals surface area (Å²) in [5, 5.41) is 20.9. The molecule has 0 radical (unpaired) electrons. The van der Waals surface area contributed by atoms with Gasteiger partial charge in [0.1, 0.15) is 17.5 Å². The van der Waals surface area contributed by atoms with E-state index in [2.05, 4.69) is 10.3 Å². The van der Waals surface area contributed by atoms with Crippen molar-refractivity contribution < 1.29 is 24.1 Å². The van der Waals surface area contributed by atoms with Crippen molar-refractivity contribution in [2.45, 2.75) is 13.5 Å². The Morgan fingerprint density at radius 3 is 2.57 bits per heavy atom. The third kappa shape index (κ3) is 4.35. The van der Waals surface area contributed by atoms with Crippen LogP contribution in [0.5, 0.6) is 11.6 Å². The maximum atomic E-state index is 12.7. The SMILES string of the molecule is CCOC(=O)c1c([O-])n(/N=C/c2ccc(OC)cc2)n[n+]1Cc1ccccc1. The molecule has 0 bridgehead atoms. The molecule has 0 aliphatic rings. The van der Waals surface area contributed by atoms with E-state index in [0.717, 1.165) is 15.9 Å². The van der Waals surface area contributed by atoms with Gasteiger partial charge in [-0.05, 0) is 47.1 Å². The molecule has 0 atom stereocenters. The summed E-state index contributed by atoms with van der Waals surface area (Å²) < 4.78 is 11.4. The molecule has 0 unspecified atom stereocenters. The summed E-state index contributed by atoms with van der Waals surface area (Å²) >= 11 is 0. The molecule has 0 saturated carbocycles. The van der Waals surface area contributed by atoms with Crippen molar-refractivity contribution in [2.24, 2.45) is 5.10 Å². The molecule has 3 rings (SSSR count). The number of carbonyl (C=O) groups is 1. The first-order chi connectivity index (χ1) is 13.6. The van der Waals surface area contributed by atoms with Crippen molar-refractivity contribution in [3.05, 3.63) is 71.4 Å². The number of esters is 1. The molecule has 0 saturated heterocycles. The summed E-state index contributed by atoms with van der Waals surface area (Å²) in [7, 11) is 1.58. The Balaban J connectivity index is 1.93. The largest absolute Gasteiger partial charge is 0.836 e. The van der Waals surface area contributed by atoms with Crippen LogP contribution in [-0.4, -0.2) is 35.9 Å². The number of rotatable bonds is 7. The van der Waals surface area contributed by atoms with Crippen molar-refractivity contribution in [1.82, 2.24) is 10.0 Å². The quantitative estimate of drug-likeness (QED) is 0.351. The smallest absolute Gasteiger partial charge is 0.383 e. The zero-order valence-electron chi connectivity index (χ0n) is 15.6. The van der Waals surface area contributed by atoms with E-state index in [4.69, 9.17) is 9.47 Å². The number of hydrogen-bond donors (Lipinski definition) is 0. The van der Waals surface area contributed by atoms with Gasteiger partial charge in [-0.25, -0.2) is 4.79 Å². The maximum absolute atomic E-state index is 12.7. The van der Waals surface area contributed by atoms with Crippen LogP contribution in [0, 0.1) is 0 Å². The first kappa shape index (κ1) is 19.1. The van der Waals surface area contributed by atoms with Gasteiger partial charge < -0.3 is 14.6 Å². The van der Waals surface area contributed by atoms with Crippen LogP contribution in [0.2, 0.25) is 0 Å². The highest BCUT2D eigenvalue weighted by atomic mass is 16.5. The van der Waals surface area contributed by atoms with Crippen LogP contribution in [0.15, 0.2) is 59.7 Å². The molecule has 0 aliphatic heterocycles. The van der Waals surface area contributed by atoms with E-state index in [1.54, 1.807) is 38.3 Å². The highest BCUT2D eigenvalue weighted by Crippen LogP contribution is 2.13. The lowest BCUT2D eigenvalue weighted by Crippen LogP contribution is -2.43. The second-order valence-electron chi connectivity index (χ2n) is 5.81. The van der Waals surface area contributed by atoms with E-state index in [9.17, 15) is 9.90 Å². The summed E-state index contributed by atoms with van der Waals surface area (Å²) in [5.41, 5.74) is 1.47. The number of hydrogen-bond acceptors (Lipinski definition) is 6. The first-order valence-corrected chi connectivity index (χ1v) is 8.72. The minimum absolute atomic E-state index is 0.157. The summed E-state index contributed by atoms with van der Waals surface area (Å²) in [5.74, 6) is -0.653. The molecule has 144 valence electrons. The van der Waals surface area contributed by atoms with Crippen molar-refractivity contribution in [3.8, 4) is 11.6 Å². The van der Waals surface area contributed by atoms with E-state index >= 15 is 0 Å². The molecule has 8 heteroatoms. The van der Waals surface area contributed by atoms with Crippen LogP contribution in [0.25, 0.3) is 0 Å². The highest BCUT2D eigenvalue weighted by Gasteiger charge is 2.27. The van der Waals surface area contributed by atoms with E-state index in [-0.39, 0.29) is 18.8 Å². The van der Waals surface area contributed by atoms with Crippen LogP contribution >= 0.6 is 0 Å². The summed E-state index contributed by atoms with van der Waals surface area (Å²) in [6.45, 7) is 2.08. The molecule has 0 spiro atoms. The van der Waals surface area contributed by atoms with Gasteiger partial charge in [-0.3, -0.25) is 0 Å². The Morgan fingerprint density at radius 1 is 1.21 bits per heavy atom. The van der Waals surface area contributed by atoms with Gasteiger partial charge in [0, 0.05) is 0 Å². The molecule has 0 amide bonds. The van der Waals surface area contributed by atoms with Crippen molar-refractivity contribution in [2.75, 3.05) is 13.7 Å². The zero-order chi connectivity index (χ0) is 19.9. The van der Waals surface area contributed by atoms with Gasteiger partial charge in [0.2, 0.25) is 0 Å². The molecular weight excluding hydrogens is 360 g/mol. The summed E-state index contributed by atoms with van der Waals surface area (Å²) in [4.78, 5) is 13.2. The Hall–Kier alpha value is -3.68. The first-order valence-electron chi connectivity index (χ1n) is 8.72. The fourth-order valence-corrected chi connectivity index (χ4v) is 2.54. The van der Waals surface area contributed by atoms with Crippen molar-refractivity contribution in [1.29, 1.82) is 0 Å². The number of methoxy groups -OCH3 is 1. The van der Waals surface area contributed by atoms with Gasteiger partial charge in [0.05, 0.1) is 19.9 Å². The molecular formula is C20H20N4O4. The van der Waals surface area contributed by atoms with Gasteiger partial charge in [0.25, 0.3) is 5.69 Å². The Kier molecular flexibility index (Phi) is 6.01. The van der Waals surface area contributed by atoms with Crippen molar-refractivity contribution in [3.63, 3.8) is 0 Å². The van der Waals surface area contributed by atoms with E-state index in [0.29, 0.717) is 5.75 Å². The molecule has 1 aromatic heterocycles. The summed E-state index contributed by atoms with van der Waals surface area (Å²) in [6.07, 6.45) is 1.48. The molecule has 3 aromatic rings. The fraction of sp³-hybridized carbons (Fsp3) is 0.200. The van der Waals surface area contributed by atoms with Gasteiger partial charge >= 0.3 is 5.97 Å². The Bertz CT molecular complexity index is 966. The molecule has 0 fully saturated rings. The molecule has 2 aromatic carbocycles. The second kappa shape index (κ2) is 8.81. The minimum Gasteiger partial charge on any atom is -0.836 e. The molecule has 1 heterocycles. The van der Waals surface area contributed by atoms with Crippen LogP contribution in [-0.2, 0) is 11.3 Å². The predicted molar refractivity (Wildman–Crippen MR) is 99.4 cm³/mol. The lowest BCUT2D eigenvalue weighted by molar-refractivity contribution is -0.750. The van der Waals surface area contributed by atoms with Gasteiger partial charge in [-0.2, -0.15) is 0 Å². The fourth-order valence-electron chi connectivity index (χ4n) is 2.54. The molecule has 28 heavy (non-hydrogen) atoms. The lowest BCUT2D eigenvalue weighted by atomic mass is 10.2. The summed E-state index contributed by atoms with van der Waals surface area (Å²) in [6, 6.07) is 16.5. The van der Waals surface area contributed by atoms with Crippen molar-refractivity contribution >= 4 is 12.2 Å². The predicted octanol–water partition coefficient (Wildman–Crippen LogP) is 1.36. The number of nitrogens with zero attached hydrogens (tertiary/aromatic N) is 4. The van der Waals surface area contributed by atoms with Gasteiger partial charge in [-0.15, -0.1) is 4.68 Å². The van der Waals surface area contributed by atoms with Crippen LogP contribution in [0.4, 0.5) is 0 Å². The maximum Gasteiger partial charge on any atom is 0.383 e. The highest BCUT2D eigenvalue weighted by molar-refractivity contribution is 5.87. The van der Waals surface area contributed by atoms with Crippen LogP contribution in [0.3, 0.4) is 0 Å². The average molecular weight is 380 g/mol. The average Bonchev–Trinajstić information content (AvgIpc) is 3.02. The zero-order valence-corrected chi connectivity index (χ0v) is 15.6. The Labute approximate surface area is 162 Å². The van der Waals surface area contributed by atoms with E-state index in [1.807, 2.05) is 30.3 Å². The second-order valence-corrected chi connectivity index (χ2v) is 5.81.